The van der Waals surface area contributed by atoms with Crippen LogP contribution in [0.1, 0.15) is 34.7 Å². The van der Waals surface area contributed by atoms with Crippen LogP contribution in [0.15, 0.2) is 77.9 Å². The molecule has 0 atom stereocenters. The van der Waals surface area contributed by atoms with Crippen LogP contribution in [0.5, 0.6) is 0 Å². The van der Waals surface area contributed by atoms with Crippen molar-refractivity contribution in [3.63, 3.8) is 0 Å². The zero-order chi connectivity index (χ0) is 19.3. The number of benzene rings is 2. The van der Waals surface area contributed by atoms with Gasteiger partial charge in [-0.1, -0.05) is 67.6 Å². The fourth-order valence-corrected chi connectivity index (χ4v) is 3.71. The lowest BCUT2D eigenvalue weighted by atomic mass is 9.85. The van der Waals surface area contributed by atoms with Gasteiger partial charge in [-0.15, -0.1) is 11.3 Å². The third-order valence-electron chi connectivity index (χ3n) is 4.40. The van der Waals surface area contributed by atoms with Crippen molar-refractivity contribution in [1.82, 2.24) is 5.43 Å². The normalized spacial score (nSPS) is 12.0. The molecule has 1 amide bonds. The van der Waals surface area contributed by atoms with Crippen molar-refractivity contribution in [2.75, 3.05) is 0 Å². The molecular formula is C22H22N2O2S. The van der Waals surface area contributed by atoms with Gasteiger partial charge in [0, 0.05) is 4.88 Å². The quantitative estimate of drug-likeness (QED) is 0.501. The van der Waals surface area contributed by atoms with Crippen molar-refractivity contribution in [1.29, 1.82) is 0 Å². The number of carbonyl (C=O) groups is 1. The van der Waals surface area contributed by atoms with E-state index >= 15 is 0 Å². The Bertz CT molecular complexity index is 894. The van der Waals surface area contributed by atoms with Crippen LogP contribution in [0.25, 0.3) is 0 Å². The molecule has 0 bridgehead atoms. The van der Waals surface area contributed by atoms with Gasteiger partial charge in [0.15, 0.2) is 5.60 Å². The lowest BCUT2D eigenvalue weighted by molar-refractivity contribution is -0.136. The van der Waals surface area contributed by atoms with E-state index in [9.17, 15) is 9.90 Å². The second-order valence-electron chi connectivity index (χ2n) is 6.20. The molecular weight excluding hydrogens is 356 g/mol. The number of hydrogen-bond donors (Lipinski definition) is 2. The summed E-state index contributed by atoms with van der Waals surface area (Å²) in [6.45, 7) is 3.94. The Hall–Kier alpha value is -2.76. The summed E-state index contributed by atoms with van der Waals surface area (Å²) < 4.78 is 0. The predicted octanol–water partition coefficient (Wildman–Crippen LogP) is 4.09. The van der Waals surface area contributed by atoms with Gasteiger partial charge in [0.25, 0.3) is 5.91 Å². The van der Waals surface area contributed by atoms with Gasteiger partial charge >= 0.3 is 0 Å². The van der Waals surface area contributed by atoms with E-state index in [4.69, 9.17) is 0 Å². The molecule has 138 valence electrons. The largest absolute Gasteiger partial charge is 0.372 e. The molecule has 0 spiro atoms. The lowest BCUT2D eigenvalue weighted by Gasteiger charge is -2.27. The minimum absolute atomic E-state index is 0.492. The number of nitrogens with zero attached hydrogens (tertiary/aromatic N) is 1. The molecule has 0 aliphatic carbocycles. The maximum atomic E-state index is 13.0. The minimum Gasteiger partial charge on any atom is -0.372 e. The molecule has 2 aromatic carbocycles. The highest BCUT2D eigenvalue weighted by Gasteiger charge is 2.39. The zero-order valence-corrected chi connectivity index (χ0v) is 16.2. The first-order valence-corrected chi connectivity index (χ1v) is 9.64. The molecule has 2 N–H and O–H groups in total. The van der Waals surface area contributed by atoms with Gasteiger partial charge in [0.2, 0.25) is 0 Å². The second-order valence-corrected chi connectivity index (χ2v) is 7.37. The summed E-state index contributed by atoms with van der Waals surface area (Å²) in [6.07, 6.45) is 0.964. The molecule has 0 aliphatic rings. The van der Waals surface area contributed by atoms with Gasteiger partial charge in [-0.2, -0.15) is 5.10 Å². The molecule has 1 heterocycles. The van der Waals surface area contributed by atoms with Gasteiger partial charge < -0.3 is 5.11 Å². The maximum Gasteiger partial charge on any atom is 0.281 e. The number of rotatable bonds is 6. The Balaban J connectivity index is 1.91. The van der Waals surface area contributed by atoms with Crippen LogP contribution in [0.2, 0.25) is 0 Å². The van der Waals surface area contributed by atoms with E-state index in [-0.39, 0.29) is 0 Å². The molecule has 27 heavy (non-hydrogen) atoms. The molecule has 4 nitrogen and oxygen atoms in total. The number of nitrogens with one attached hydrogen (secondary N) is 1. The van der Waals surface area contributed by atoms with Crippen LogP contribution >= 0.6 is 11.3 Å². The van der Waals surface area contributed by atoms with E-state index in [0.29, 0.717) is 16.8 Å². The van der Waals surface area contributed by atoms with Crippen molar-refractivity contribution < 1.29 is 9.90 Å². The average Bonchev–Trinajstić information content (AvgIpc) is 3.22. The number of carbonyl (C=O) groups excluding carboxylic acids is 1. The molecule has 0 radical (unpaired) electrons. The third kappa shape index (κ3) is 3.99. The summed E-state index contributed by atoms with van der Waals surface area (Å²) in [4.78, 5) is 15.3. The Morgan fingerprint density at radius 2 is 1.56 bits per heavy atom. The number of aliphatic hydroxyl groups is 1. The highest BCUT2D eigenvalue weighted by molar-refractivity contribution is 7.14. The molecule has 0 aliphatic heterocycles. The predicted molar refractivity (Wildman–Crippen MR) is 110 cm³/mol. The first-order valence-electron chi connectivity index (χ1n) is 8.83. The van der Waals surface area contributed by atoms with Crippen molar-refractivity contribution >= 4 is 23.0 Å². The maximum absolute atomic E-state index is 13.0. The summed E-state index contributed by atoms with van der Waals surface area (Å²) in [5.74, 6) is -0.591. The molecule has 0 unspecified atom stereocenters. The zero-order valence-electron chi connectivity index (χ0n) is 15.3. The Kier molecular flexibility index (Phi) is 5.84. The molecule has 3 aromatic rings. The third-order valence-corrected chi connectivity index (χ3v) is 5.74. The van der Waals surface area contributed by atoms with Crippen molar-refractivity contribution in [2.45, 2.75) is 25.9 Å². The van der Waals surface area contributed by atoms with Crippen LogP contribution in [0.4, 0.5) is 0 Å². The number of aryl methyl sites for hydroxylation is 1. The highest BCUT2D eigenvalue weighted by atomic mass is 32.1. The summed E-state index contributed by atoms with van der Waals surface area (Å²) in [6, 6.07) is 21.9. The van der Waals surface area contributed by atoms with E-state index < -0.39 is 11.5 Å². The number of hydrazone groups is 1. The van der Waals surface area contributed by atoms with E-state index in [0.717, 1.165) is 11.3 Å². The van der Waals surface area contributed by atoms with Gasteiger partial charge in [-0.05, 0) is 36.6 Å². The Morgan fingerprint density at radius 3 is 2.04 bits per heavy atom. The van der Waals surface area contributed by atoms with E-state index in [1.54, 1.807) is 59.9 Å². The standard InChI is InChI=1S/C22H22N2O2S/c1-3-19-14-15-20(27-19)16(2)23-24-21(25)22(26,17-10-6-4-7-11-17)18-12-8-5-9-13-18/h4-15,26H,3H2,1-2H3,(H,24,25)/b23-16+. The monoisotopic (exact) mass is 378 g/mol. The molecule has 0 saturated heterocycles. The Morgan fingerprint density at radius 1 is 1.00 bits per heavy atom. The lowest BCUT2D eigenvalue weighted by Crippen LogP contribution is -2.43. The highest BCUT2D eigenvalue weighted by Crippen LogP contribution is 2.30. The summed E-state index contributed by atoms with van der Waals surface area (Å²) in [5.41, 5.74) is 2.42. The van der Waals surface area contributed by atoms with Gasteiger partial charge in [0.05, 0.1) is 10.6 Å². The van der Waals surface area contributed by atoms with Crippen molar-refractivity contribution in [3.05, 3.63) is 93.7 Å². The first kappa shape index (κ1) is 19.0. The molecule has 1 aromatic heterocycles. The van der Waals surface area contributed by atoms with Crippen LogP contribution in [-0.2, 0) is 16.8 Å². The SMILES string of the molecule is CCc1ccc(/C(C)=N/NC(=O)C(O)(c2ccccc2)c2ccccc2)s1. The average molecular weight is 378 g/mol. The van der Waals surface area contributed by atoms with E-state index in [1.807, 2.05) is 25.1 Å². The van der Waals surface area contributed by atoms with Crippen molar-refractivity contribution in [2.24, 2.45) is 5.10 Å². The van der Waals surface area contributed by atoms with Crippen LogP contribution in [-0.4, -0.2) is 16.7 Å². The fourth-order valence-electron chi connectivity index (χ4n) is 2.82. The smallest absolute Gasteiger partial charge is 0.281 e. The number of amides is 1. The first-order chi connectivity index (χ1) is 13.1. The van der Waals surface area contributed by atoms with Crippen molar-refractivity contribution in [3.8, 4) is 0 Å². The topological polar surface area (TPSA) is 61.7 Å². The summed E-state index contributed by atoms with van der Waals surface area (Å²) in [5, 5.41) is 15.6. The van der Waals surface area contributed by atoms with Gasteiger partial charge in [-0.3, -0.25) is 4.79 Å². The minimum atomic E-state index is -1.82. The van der Waals surface area contributed by atoms with Crippen LogP contribution in [0, 0.1) is 0 Å². The van der Waals surface area contributed by atoms with Crippen LogP contribution < -0.4 is 5.43 Å². The summed E-state index contributed by atoms with van der Waals surface area (Å²) >= 11 is 1.65. The fraction of sp³-hybridized carbons (Fsp3) is 0.182. The molecule has 3 rings (SSSR count). The molecule has 0 fully saturated rings. The number of thiophene rings is 1. The van der Waals surface area contributed by atoms with Gasteiger partial charge in [-0.25, -0.2) is 5.43 Å². The molecule has 5 heteroatoms. The Labute approximate surface area is 163 Å². The molecule has 0 saturated carbocycles. The van der Waals surface area contributed by atoms with E-state index in [2.05, 4.69) is 23.5 Å². The second kappa shape index (κ2) is 8.29. The van der Waals surface area contributed by atoms with E-state index in [1.165, 1.54) is 4.88 Å². The number of hydrogen-bond acceptors (Lipinski definition) is 4. The summed E-state index contributed by atoms with van der Waals surface area (Å²) in [7, 11) is 0. The van der Waals surface area contributed by atoms with Gasteiger partial charge in [0.1, 0.15) is 0 Å². The van der Waals surface area contributed by atoms with Crippen LogP contribution in [0.3, 0.4) is 0 Å².